The largest absolute Gasteiger partial charge is 0.497 e. The van der Waals surface area contributed by atoms with E-state index in [0.717, 1.165) is 5.56 Å². The smallest absolute Gasteiger partial charge is 0.320 e. The zero-order valence-corrected chi connectivity index (χ0v) is 16.3. The summed E-state index contributed by atoms with van der Waals surface area (Å²) in [5.41, 5.74) is 1.88. The van der Waals surface area contributed by atoms with E-state index in [9.17, 15) is 9.59 Å². The van der Waals surface area contributed by atoms with Gasteiger partial charge in [-0.2, -0.15) is 0 Å². The number of amides is 3. The van der Waals surface area contributed by atoms with Crippen LogP contribution in [0.3, 0.4) is 0 Å². The summed E-state index contributed by atoms with van der Waals surface area (Å²) in [6.07, 6.45) is 0. The van der Waals surface area contributed by atoms with Crippen LogP contribution in [0.4, 0.5) is 10.5 Å². The van der Waals surface area contributed by atoms with Crippen molar-refractivity contribution >= 4 is 17.6 Å². The van der Waals surface area contributed by atoms with Gasteiger partial charge in [-0.15, -0.1) is 0 Å². The highest BCUT2D eigenvalue weighted by Gasteiger charge is 2.08. The molecule has 146 valence electrons. The van der Waals surface area contributed by atoms with E-state index in [1.54, 1.807) is 63.7 Å². The van der Waals surface area contributed by atoms with Crippen molar-refractivity contribution in [2.75, 3.05) is 40.2 Å². The third kappa shape index (κ3) is 5.68. The van der Waals surface area contributed by atoms with Crippen molar-refractivity contribution in [2.24, 2.45) is 0 Å². The lowest BCUT2D eigenvalue weighted by atomic mass is 10.1. The molecule has 0 saturated carbocycles. The highest BCUT2D eigenvalue weighted by atomic mass is 16.5. The highest BCUT2D eigenvalue weighted by Crippen LogP contribution is 2.28. The van der Waals surface area contributed by atoms with Gasteiger partial charge in [0.05, 0.1) is 26.5 Å². The maximum atomic E-state index is 12.0. The second kappa shape index (κ2) is 9.88. The van der Waals surface area contributed by atoms with Crippen molar-refractivity contribution in [3.05, 3.63) is 53.6 Å². The fourth-order valence-corrected chi connectivity index (χ4v) is 2.29. The van der Waals surface area contributed by atoms with E-state index in [1.165, 1.54) is 12.0 Å². The zero-order valence-electron chi connectivity index (χ0n) is 16.3. The van der Waals surface area contributed by atoms with Crippen LogP contribution in [0.1, 0.15) is 15.9 Å². The van der Waals surface area contributed by atoms with E-state index in [2.05, 4.69) is 22.5 Å². The lowest BCUT2D eigenvalue weighted by Gasteiger charge is -2.11. The first-order valence-electron chi connectivity index (χ1n) is 8.52. The molecule has 2 rings (SSSR count). The van der Waals surface area contributed by atoms with Gasteiger partial charge in [0.1, 0.15) is 11.5 Å². The van der Waals surface area contributed by atoms with E-state index in [1.807, 2.05) is 0 Å². The normalized spacial score (nSPS) is 9.57. The molecule has 28 heavy (non-hydrogen) atoms. The van der Waals surface area contributed by atoms with Gasteiger partial charge < -0.3 is 25.0 Å². The molecule has 0 spiro atoms. The Morgan fingerprint density at radius 1 is 1.04 bits per heavy atom. The van der Waals surface area contributed by atoms with Crippen molar-refractivity contribution in [2.45, 2.75) is 0 Å². The summed E-state index contributed by atoms with van der Waals surface area (Å²) in [4.78, 5) is 25.4. The first-order valence-corrected chi connectivity index (χ1v) is 8.52. The van der Waals surface area contributed by atoms with Gasteiger partial charge >= 0.3 is 6.03 Å². The Labute approximate surface area is 164 Å². The summed E-state index contributed by atoms with van der Waals surface area (Å²) in [6, 6.07) is 11.7. The number of nitrogens with zero attached hydrogens (tertiary/aromatic N) is 1. The summed E-state index contributed by atoms with van der Waals surface area (Å²) in [5, 5.41) is 5.36. The molecule has 0 aliphatic carbocycles. The first-order chi connectivity index (χ1) is 13.4. The van der Waals surface area contributed by atoms with Crippen LogP contribution in [-0.4, -0.2) is 51.7 Å². The number of nitrogens with one attached hydrogen (secondary N) is 2. The standard InChI is InChI=1S/C21H23N3O4/c1-24(2)20(25)16-9-7-15(8-10-16)6-5-13-22-21(26)23-18-12-11-17(27-3)14-19(18)28-4/h7-12,14H,13H2,1-4H3,(H2,22,23,26). The van der Waals surface area contributed by atoms with E-state index >= 15 is 0 Å². The summed E-state index contributed by atoms with van der Waals surface area (Å²) in [6.45, 7) is 0.169. The summed E-state index contributed by atoms with van der Waals surface area (Å²) >= 11 is 0. The van der Waals surface area contributed by atoms with Crippen molar-refractivity contribution in [3.8, 4) is 23.3 Å². The Hall–Kier alpha value is -3.66. The van der Waals surface area contributed by atoms with Gasteiger partial charge in [-0.25, -0.2) is 4.79 Å². The number of anilines is 1. The lowest BCUT2D eigenvalue weighted by Crippen LogP contribution is -2.29. The molecular weight excluding hydrogens is 358 g/mol. The number of methoxy groups -OCH3 is 2. The number of carbonyl (C=O) groups is 2. The van der Waals surface area contributed by atoms with E-state index in [-0.39, 0.29) is 12.5 Å². The average molecular weight is 381 g/mol. The van der Waals surface area contributed by atoms with Crippen molar-refractivity contribution < 1.29 is 19.1 Å². The van der Waals surface area contributed by atoms with Crippen LogP contribution in [0.2, 0.25) is 0 Å². The molecule has 0 aliphatic heterocycles. The number of ether oxygens (including phenoxy) is 2. The van der Waals surface area contributed by atoms with Crippen LogP contribution in [0.25, 0.3) is 0 Å². The molecule has 3 amide bonds. The van der Waals surface area contributed by atoms with Gasteiger partial charge in [0, 0.05) is 31.3 Å². The van der Waals surface area contributed by atoms with Crippen molar-refractivity contribution in [3.63, 3.8) is 0 Å². The molecule has 0 unspecified atom stereocenters. The predicted molar refractivity (Wildman–Crippen MR) is 108 cm³/mol. The van der Waals surface area contributed by atoms with E-state index in [4.69, 9.17) is 9.47 Å². The summed E-state index contributed by atoms with van der Waals surface area (Å²) in [5.74, 6) is 6.87. The van der Waals surface area contributed by atoms with Crippen molar-refractivity contribution in [1.29, 1.82) is 0 Å². The van der Waals surface area contributed by atoms with Gasteiger partial charge in [-0.05, 0) is 36.4 Å². The van der Waals surface area contributed by atoms with E-state index < -0.39 is 6.03 Å². The fourth-order valence-electron chi connectivity index (χ4n) is 2.29. The number of benzene rings is 2. The second-order valence-electron chi connectivity index (χ2n) is 5.95. The van der Waals surface area contributed by atoms with Crippen LogP contribution in [0.15, 0.2) is 42.5 Å². The number of hydrogen-bond donors (Lipinski definition) is 2. The minimum Gasteiger partial charge on any atom is -0.497 e. The third-order valence-corrected chi connectivity index (χ3v) is 3.76. The first kappa shape index (κ1) is 20.6. The van der Waals surface area contributed by atoms with Gasteiger partial charge in [-0.1, -0.05) is 11.8 Å². The molecular formula is C21H23N3O4. The Bertz CT molecular complexity index is 896. The maximum absolute atomic E-state index is 12.0. The topological polar surface area (TPSA) is 79.9 Å². The third-order valence-electron chi connectivity index (χ3n) is 3.76. The van der Waals surface area contributed by atoms with Gasteiger partial charge in [-0.3, -0.25) is 4.79 Å². The quantitative estimate of drug-likeness (QED) is 0.780. The number of urea groups is 1. The van der Waals surface area contributed by atoms with Gasteiger partial charge in [0.2, 0.25) is 0 Å². The lowest BCUT2D eigenvalue weighted by molar-refractivity contribution is 0.0827. The zero-order chi connectivity index (χ0) is 20.5. The Kier molecular flexibility index (Phi) is 7.28. The van der Waals surface area contributed by atoms with Crippen LogP contribution >= 0.6 is 0 Å². The molecule has 7 nitrogen and oxygen atoms in total. The molecule has 2 aromatic carbocycles. The van der Waals surface area contributed by atoms with E-state index in [0.29, 0.717) is 22.7 Å². The number of rotatable bonds is 5. The molecule has 0 bridgehead atoms. The fraction of sp³-hybridized carbons (Fsp3) is 0.238. The average Bonchev–Trinajstić information content (AvgIpc) is 2.71. The molecule has 0 saturated heterocycles. The van der Waals surface area contributed by atoms with Crippen LogP contribution in [0, 0.1) is 11.8 Å². The monoisotopic (exact) mass is 381 g/mol. The minimum absolute atomic E-state index is 0.0631. The number of carbonyl (C=O) groups excluding carboxylic acids is 2. The molecule has 0 heterocycles. The van der Waals surface area contributed by atoms with Crippen LogP contribution in [0.5, 0.6) is 11.5 Å². The molecule has 7 heteroatoms. The van der Waals surface area contributed by atoms with Crippen molar-refractivity contribution in [1.82, 2.24) is 10.2 Å². The summed E-state index contributed by atoms with van der Waals surface area (Å²) < 4.78 is 10.4. The Balaban J connectivity index is 1.89. The predicted octanol–water partition coefficient (Wildman–Crippen LogP) is 2.58. The molecule has 0 atom stereocenters. The SMILES string of the molecule is COc1ccc(NC(=O)NCC#Cc2ccc(C(=O)N(C)C)cc2)c(OC)c1. The summed E-state index contributed by atoms with van der Waals surface area (Å²) in [7, 11) is 6.48. The molecule has 0 fully saturated rings. The molecule has 0 radical (unpaired) electrons. The molecule has 2 N–H and O–H groups in total. The Morgan fingerprint density at radius 3 is 2.36 bits per heavy atom. The minimum atomic E-state index is -0.398. The molecule has 2 aromatic rings. The second-order valence-corrected chi connectivity index (χ2v) is 5.95. The number of hydrogen-bond acceptors (Lipinski definition) is 4. The van der Waals surface area contributed by atoms with Crippen LogP contribution < -0.4 is 20.1 Å². The highest BCUT2D eigenvalue weighted by molar-refractivity contribution is 5.94. The van der Waals surface area contributed by atoms with Gasteiger partial charge in [0.25, 0.3) is 5.91 Å². The molecule has 0 aliphatic rings. The maximum Gasteiger partial charge on any atom is 0.320 e. The Morgan fingerprint density at radius 2 is 1.75 bits per heavy atom. The molecule has 0 aromatic heterocycles. The van der Waals surface area contributed by atoms with Gasteiger partial charge in [0.15, 0.2) is 0 Å². The van der Waals surface area contributed by atoms with Crippen LogP contribution in [-0.2, 0) is 0 Å².